The summed E-state index contributed by atoms with van der Waals surface area (Å²) in [5.41, 5.74) is 3.65. The van der Waals surface area contributed by atoms with Gasteiger partial charge >= 0.3 is 0 Å². The highest BCUT2D eigenvalue weighted by molar-refractivity contribution is 5.29. The van der Waals surface area contributed by atoms with Gasteiger partial charge in [-0.05, 0) is 38.3 Å². The van der Waals surface area contributed by atoms with Crippen LogP contribution >= 0.6 is 0 Å². The maximum Gasteiger partial charge on any atom is 0.121 e. The van der Waals surface area contributed by atoms with Crippen molar-refractivity contribution in [2.24, 2.45) is 0 Å². The first-order valence-electron chi connectivity index (χ1n) is 6.23. The topological polar surface area (TPSA) is 29.5 Å². The number of ether oxygens (including phenoxy) is 1. The number of aliphatic hydroxyl groups excluding tert-OH is 1. The SMILES string of the molecule is Cc1cc(C)cc(CC(O)C2=CCCCO2)c1. The summed E-state index contributed by atoms with van der Waals surface area (Å²) >= 11 is 0. The summed E-state index contributed by atoms with van der Waals surface area (Å²) in [6, 6.07) is 6.39. The Labute approximate surface area is 103 Å². The lowest BCUT2D eigenvalue weighted by molar-refractivity contribution is 0.0918. The van der Waals surface area contributed by atoms with Crippen LogP contribution in [0.2, 0.25) is 0 Å². The molecule has 92 valence electrons. The predicted molar refractivity (Wildman–Crippen MR) is 68.9 cm³/mol. The standard InChI is InChI=1S/C15H20O2/c1-11-7-12(2)9-13(8-11)10-14(16)15-5-3-4-6-17-15/h5,7-9,14,16H,3-4,6,10H2,1-2H3. The first-order chi connectivity index (χ1) is 8.15. The van der Waals surface area contributed by atoms with Crippen LogP contribution in [0.15, 0.2) is 30.0 Å². The summed E-state index contributed by atoms with van der Waals surface area (Å²) in [5.74, 6) is 0.746. The average molecular weight is 232 g/mol. The molecule has 1 unspecified atom stereocenters. The molecule has 0 fully saturated rings. The van der Waals surface area contributed by atoms with E-state index in [4.69, 9.17) is 4.74 Å². The maximum atomic E-state index is 10.1. The van der Waals surface area contributed by atoms with Crippen molar-refractivity contribution in [3.8, 4) is 0 Å². The molecule has 2 heteroatoms. The lowest BCUT2D eigenvalue weighted by atomic mass is 10.0. The highest BCUT2D eigenvalue weighted by Crippen LogP contribution is 2.18. The van der Waals surface area contributed by atoms with Gasteiger partial charge in [-0.2, -0.15) is 0 Å². The summed E-state index contributed by atoms with van der Waals surface area (Å²) in [6.45, 7) is 4.90. The van der Waals surface area contributed by atoms with Crippen LogP contribution in [0.5, 0.6) is 0 Å². The predicted octanol–water partition coefficient (Wildman–Crippen LogP) is 2.90. The van der Waals surface area contributed by atoms with E-state index >= 15 is 0 Å². The Morgan fingerprint density at radius 1 is 1.24 bits per heavy atom. The first-order valence-corrected chi connectivity index (χ1v) is 6.23. The van der Waals surface area contributed by atoms with Crippen LogP contribution in [0.25, 0.3) is 0 Å². The van der Waals surface area contributed by atoms with Crippen molar-refractivity contribution in [2.45, 2.75) is 39.2 Å². The molecule has 1 aliphatic heterocycles. The van der Waals surface area contributed by atoms with Gasteiger partial charge in [-0.3, -0.25) is 0 Å². The second-order valence-electron chi connectivity index (χ2n) is 4.81. The Bertz CT molecular complexity index is 401. The van der Waals surface area contributed by atoms with Crippen molar-refractivity contribution >= 4 is 0 Å². The Morgan fingerprint density at radius 2 is 1.94 bits per heavy atom. The highest BCUT2D eigenvalue weighted by atomic mass is 16.5. The fraction of sp³-hybridized carbons (Fsp3) is 0.467. The molecule has 0 saturated carbocycles. The minimum atomic E-state index is -0.503. The zero-order valence-electron chi connectivity index (χ0n) is 10.6. The van der Waals surface area contributed by atoms with Gasteiger partial charge < -0.3 is 9.84 Å². The number of aliphatic hydroxyl groups is 1. The fourth-order valence-electron chi connectivity index (χ4n) is 2.32. The molecule has 1 atom stereocenters. The monoisotopic (exact) mass is 232 g/mol. The molecule has 0 bridgehead atoms. The minimum Gasteiger partial charge on any atom is -0.495 e. The van der Waals surface area contributed by atoms with Crippen molar-refractivity contribution in [3.63, 3.8) is 0 Å². The van der Waals surface area contributed by atoms with Gasteiger partial charge in [0.05, 0.1) is 6.61 Å². The second-order valence-corrected chi connectivity index (χ2v) is 4.81. The third-order valence-corrected chi connectivity index (χ3v) is 3.00. The zero-order valence-corrected chi connectivity index (χ0v) is 10.6. The van der Waals surface area contributed by atoms with Crippen molar-refractivity contribution < 1.29 is 9.84 Å². The van der Waals surface area contributed by atoms with E-state index in [2.05, 4.69) is 32.0 Å². The zero-order chi connectivity index (χ0) is 12.3. The molecular formula is C15H20O2. The third-order valence-electron chi connectivity index (χ3n) is 3.00. The quantitative estimate of drug-likeness (QED) is 0.868. The second kappa shape index (κ2) is 5.37. The van der Waals surface area contributed by atoms with Crippen LogP contribution in [0.4, 0.5) is 0 Å². The van der Waals surface area contributed by atoms with E-state index in [0.717, 1.165) is 25.2 Å². The lowest BCUT2D eigenvalue weighted by Crippen LogP contribution is -2.18. The minimum absolute atomic E-state index is 0.503. The lowest BCUT2D eigenvalue weighted by Gasteiger charge is -2.20. The van der Waals surface area contributed by atoms with Gasteiger partial charge in [0.1, 0.15) is 11.9 Å². The summed E-state index contributed by atoms with van der Waals surface area (Å²) in [5, 5.41) is 10.1. The molecule has 0 saturated heterocycles. The third kappa shape index (κ3) is 3.34. The summed E-state index contributed by atoms with van der Waals surface area (Å²) in [4.78, 5) is 0. The number of allylic oxidation sites excluding steroid dienone is 1. The molecule has 0 amide bonds. The van der Waals surface area contributed by atoms with E-state index in [-0.39, 0.29) is 0 Å². The molecule has 1 N–H and O–H groups in total. The highest BCUT2D eigenvalue weighted by Gasteiger charge is 2.15. The molecule has 17 heavy (non-hydrogen) atoms. The first kappa shape index (κ1) is 12.2. The fourth-order valence-corrected chi connectivity index (χ4v) is 2.32. The van der Waals surface area contributed by atoms with Crippen LogP contribution in [-0.2, 0) is 11.2 Å². The van der Waals surface area contributed by atoms with Crippen molar-refractivity contribution in [1.29, 1.82) is 0 Å². The van der Waals surface area contributed by atoms with E-state index in [1.54, 1.807) is 0 Å². The van der Waals surface area contributed by atoms with Crippen LogP contribution in [-0.4, -0.2) is 17.8 Å². The Morgan fingerprint density at radius 3 is 2.53 bits per heavy atom. The van der Waals surface area contributed by atoms with Gasteiger partial charge in [0.25, 0.3) is 0 Å². The van der Waals surface area contributed by atoms with Crippen molar-refractivity contribution in [1.82, 2.24) is 0 Å². The van der Waals surface area contributed by atoms with E-state index in [9.17, 15) is 5.11 Å². The largest absolute Gasteiger partial charge is 0.495 e. The Hall–Kier alpha value is -1.28. The van der Waals surface area contributed by atoms with Gasteiger partial charge in [-0.25, -0.2) is 0 Å². The van der Waals surface area contributed by atoms with E-state index in [1.165, 1.54) is 16.7 Å². The molecule has 0 aliphatic carbocycles. The van der Waals surface area contributed by atoms with Crippen LogP contribution in [0.1, 0.15) is 29.5 Å². The molecule has 2 rings (SSSR count). The van der Waals surface area contributed by atoms with E-state index in [0.29, 0.717) is 6.42 Å². The molecule has 1 aromatic carbocycles. The summed E-state index contributed by atoms with van der Waals surface area (Å²) in [7, 11) is 0. The Balaban J connectivity index is 2.06. The number of rotatable bonds is 3. The summed E-state index contributed by atoms with van der Waals surface area (Å²) in [6.07, 6.45) is 4.21. The van der Waals surface area contributed by atoms with Crippen molar-refractivity contribution in [2.75, 3.05) is 6.61 Å². The Kier molecular flexibility index (Phi) is 3.85. The molecule has 0 radical (unpaired) electrons. The molecule has 1 aromatic rings. The van der Waals surface area contributed by atoms with Crippen molar-refractivity contribution in [3.05, 3.63) is 46.7 Å². The van der Waals surface area contributed by atoms with Crippen LogP contribution in [0.3, 0.4) is 0 Å². The maximum absolute atomic E-state index is 10.1. The van der Waals surface area contributed by atoms with E-state index in [1.807, 2.05) is 6.08 Å². The van der Waals surface area contributed by atoms with Gasteiger partial charge in [0.15, 0.2) is 0 Å². The van der Waals surface area contributed by atoms with Gasteiger partial charge in [-0.1, -0.05) is 29.3 Å². The molecule has 0 aromatic heterocycles. The number of hydrogen-bond donors (Lipinski definition) is 1. The molecule has 0 spiro atoms. The molecular weight excluding hydrogens is 212 g/mol. The summed E-state index contributed by atoms with van der Waals surface area (Å²) < 4.78 is 5.48. The van der Waals surface area contributed by atoms with E-state index < -0.39 is 6.10 Å². The number of aryl methyl sites for hydroxylation is 2. The molecule has 2 nitrogen and oxygen atoms in total. The average Bonchev–Trinajstić information content (AvgIpc) is 2.28. The van der Waals surface area contributed by atoms with Gasteiger partial charge in [0, 0.05) is 6.42 Å². The smallest absolute Gasteiger partial charge is 0.121 e. The van der Waals surface area contributed by atoms with Gasteiger partial charge in [0.2, 0.25) is 0 Å². The van der Waals surface area contributed by atoms with Gasteiger partial charge in [-0.15, -0.1) is 0 Å². The molecule has 1 heterocycles. The molecule has 1 aliphatic rings. The number of hydrogen-bond acceptors (Lipinski definition) is 2. The van der Waals surface area contributed by atoms with Crippen LogP contribution < -0.4 is 0 Å². The van der Waals surface area contributed by atoms with Crippen LogP contribution in [0, 0.1) is 13.8 Å². The number of benzene rings is 1. The normalized spacial score (nSPS) is 17.2.